The summed E-state index contributed by atoms with van der Waals surface area (Å²) in [6.07, 6.45) is 8.04. The first-order chi connectivity index (χ1) is 15.0. The Morgan fingerprint density at radius 3 is 3.06 bits per heavy atom. The van der Waals surface area contributed by atoms with E-state index in [2.05, 4.69) is 37.2 Å². The second-order valence-corrected chi connectivity index (χ2v) is 8.75. The van der Waals surface area contributed by atoms with Crippen LogP contribution in [0.3, 0.4) is 0 Å². The average Bonchev–Trinajstić information content (AvgIpc) is 3.44. The van der Waals surface area contributed by atoms with Gasteiger partial charge in [0, 0.05) is 42.3 Å². The lowest BCUT2D eigenvalue weighted by Crippen LogP contribution is -2.21. The molecule has 9 heteroatoms. The van der Waals surface area contributed by atoms with Gasteiger partial charge in [0.15, 0.2) is 10.9 Å². The molecule has 2 aromatic heterocycles. The molecule has 1 unspecified atom stereocenters. The number of likely N-dealkylation sites (tertiary alicyclic amines) is 1. The first-order valence-corrected chi connectivity index (χ1v) is 10.9. The highest BCUT2D eigenvalue weighted by molar-refractivity contribution is 7.16. The Morgan fingerprint density at radius 1 is 1.35 bits per heavy atom. The molecule has 1 saturated heterocycles. The smallest absolute Gasteiger partial charge is 0.231 e. The zero-order valence-corrected chi connectivity index (χ0v) is 18.1. The fraction of sp³-hybridized carbons (Fsp3) is 0.273. The molecule has 158 valence electrons. The minimum absolute atomic E-state index is 0.0262. The van der Waals surface area contributed by atoms with Crippen molar-refractivity contribution in [2.75, 3.05) is 25.5 Å². The third-order valence-electron chi connectivity index (χ3n) is 5.34. The molecule has 5 rings (SSSR count). The van der Waals surface area contributed by atoms with E-state index in [0.29, 0.717) is 15.8 Å². The lowest BCUT2D eigenvalue weighted by Gasteiger charge is -2.15. The van der Waals surface area contributed by atoms with Gasteiger partial charge in [-0.1, -0.05) is 11.3 Å². The number of rotatable bonds is 5. The van der Waals surface area contributed by atoms with Gasteiger partial charge in [-0.15, -0.1) is 0 Å². The van der Waals surface area contributed by atoms with Crippen LogP contribution in [0.4, 0.5) is 16.6 Å². The van der Waals surface area contributed by atoms with E-state index in [9.17, 15) is 5.11 Å². The number of benzene rings is 1. The number of fused-ring (bicyclic) bond motifs is 1. The molecule has 8 nitrogen and oxygen atoms in total. The number of aliphatic imine (C=N–C) groups is 1. The topological polar surface area (TPSA) is 95.8 Å². The molecule has 0 amide bonds. The highest BCUT2D eigenvalue weighted by atomic mass is 32.1. The Labute approximate surface area is 184 Å². The first-order valence-electron chi connectivity index (χ1n) is 10.0. The van der Waals surface area contributed by atoms with Crippen molar-refractivity contribution in [2.24, 2.45) is 4.99 Å². The third-order valence-corrected chi connectivity index (χ3v) is 6.25. The summed E-state index contributed by atoms with van der Waals surface area (Å²) in [5.41, 5.74) is 3.65. The summed E-state index contributed by atoms with van der Waals surface area (Å²) in [5.74, 6) is 1.48. The van der Waals surface area contributed by atoms with Gasteiger partial charge in [0.2, 0.25) is 5.88 Å². The van der Waals surface area contributed by atoms with E-state index in [1.807, 2.05) is 31.2 Å². The number of hydrogen-bond donors (Lipinski definition) is 2. The predicted octanol–water partition coefficient (Wildman–Crippen LogP) is 4.03. The van der Waals surface area contributed by atoms with Crippen LogP contribution in [0.1, 0.15) is 22.4 Å². The number of hydrogen-bond acceptors (Lipinski definition) is 9. The van der Waals surface area contributed by atoms with Crippen molar-refractivity contribution in [3.8, 4) is 11.6 Å². The van der Waals surface area contributed by atoms with Crippen LogP contribution in [0.15, 0.2) is 35.7 Å². The molecule has 2 N–H and O–H groups in total. The summed E-state index contributed by atoms with van der Waals surface area (Å²) in [4.78, 5) is 19.6. The first kappa shape index (κ1) is 19.7. The highest BCUT2D eigenvalue weighted by Gasteiger charge is 2.21. The Morgan fingerprint density at radius 2 is 2.26 bits per heavy atom. The van der Waals surface area contributed by atoms with Crippen molar-refractivity contribution in [1.29, 1.82) is 0 Å². The highest BCUT2D eigenvalue weighted by Crippen LogP contribution is 2.36. The number of aryl methyl sites for hydroxylation is 1. The van der Waals surface area contributed by atoms with Gasteiger partial charge in [0.1, 0.15) is 18.2 Å². The maximum atomic E-state index is 10.3. The van der Waals surface area contributed by atoms with Crippen LogP contribution in [0, 0.1) is 6.92 Å². The largest absolute Gasteiger partial charge is 0.492 e. The van der Waals surface area contributed by atoms with E-state index in [1.165, 1.54) is 17.7 Å². The van der Waals surface area contributed by atoms with Crippen molar-refractivity contribution >= 4 is 45.8 Å². The van der Waals surface area contributed by atoms with E-state index >= 15 is 0 Å². The molecule has 3 aromatic rings. The Balaban J connectivity index is 1.31. The number of nitrogens with zero attached hydrogens (tertiary/aromatic N) is 5. The molecule has 1 atom stereocenters. The molecular formula is C22H22N6O2S. The van der Waals surface area contributed by atoms with Gasteiger partial charge in [0.25, 0.3) is 0 Å². The molecule has 2 aliphatic heterocycles. The van der Waals surface area contributed by atoms with Gasteiger partial charge >= 0.3 is 0 Å². The van der Waals surface area contributed by atoms with Crippen LogP contribution < -0.4 is 10.1 Å². The Bertz CT molecular complexity index is 1190. The molecule has 1 fully saturated rings. The number of likely N-dealkylation sites (N-methyl/N-ethyl adjacent to an activating group) is 1. The summed E-state index contributed by atoms with van der Waals surface area (Å²) >= 11 is 1.37. The fourth-order valence-corrected chi connectivity index (χ4v) is 4.53. The van der Waals surface area contributed by atoms with Gasteiger partial charge in [-0.05, 0) is 50.2 Å². The Hall–Kier alpha value is -3.30. The quantitative estimate of drug-likeness (QED) is 0.626. The molecule has 2 aliphatic rings. The molecule has 0 bridgehead atoms. The molecule has 0 radical (unpaired) electrons. The number of thiazole rings is 1. The van der Waals surface area contributed by atoms with Gasteiger partial charge in [0.05, 0.1) is 4.88 Å². The summed E-state index contributed by atoms with van der Waals surface area (Å²) in [5, 5.41) is 14.2. The average molecular weight is 435 g/mol. The molecule has 0 saturated carbocycles. The number of anilines is 2. The van der Waals surface area contributed by atoms with Crippen molar-refractivity contribution in [3.05, 3.63) is 46.7 Å². The molecule has 0 spiro atoms. The van der Waals surface area contributed by atoms with Crippen LogP contribution in [0.25, 0.3) is 11.6 Å². The maximum Gasteiger partial charge on any atom is 0.231 e. The van der Waals surface area contributed by atoms with Crippen LogP contribution in [0.5, 0.6) is 11.6 Å². The maximum absolute atomic E-state index is 10.3. The second kappa shape index (κ2) is 8.09. The molecular weight excluding hydrogens is 412 g/mol. The van der Waals surface area contributed by atoms with Gasteiger partial charge in [-0.3, -0.25) is 0 Å². The van der Waals surface area contributed by atoms with E-state index in [-0.39, 0.29) is 12.0 Å². The molecule has 0 aliphatic carbocycles. The van der Waals surface area contributed by atoms with Crippen LogP contribution in [-0.4, -0.2) is 57.4 Å². The van der Waals surface area contributed by atoms with E-state index in [1.54, 1.807) is 12.4 Å². The van der Waals surface area contributed by atoms with Gasteiger partial charge in [-0.25, -0.2) is 15.0 Å². The third kappa shape index (κ3) is 4.14. The minimum Gasteiger partial charge on any atom is -0.492 e. The minimum atomic E-state index is -0.0262. The monoisotopic (exact) mass is 434 g/mol. The van der Waals surface area contributed by atoms with Crippen molar-refractivity contribution in [3.63, 3.8) is 0 Å². The van der Waals surface area contributed by atoms with Crippen molar-refractivity contribution < 1.29 is 9.84 Å². The van der Waals surface area contributed by atoms with E-state index < -0.39 is 0 Å². The van der Waals surface area contributed by atoms with Crippen LogP contribution in [-0.2, 0) is 0 Å². The van der Waals surface area contributed by atoms with Crippen molar-refractivity contribution in [1.82, 2.24) is 19.9 Å². The standard InChI is InChI=1S/C22H22N6O2S/c1-13-7-15(30-16-5-6-28(2)11-16)3-4-18(13)26-22-27-21(29)19(31-22)8-14-9-24-20-17(14)10-23-12-25-20/h3-4,7-10,12,16,29H,5-6,11H2,1-2H3,(H,26,27). The normalized spacial score (nSPS) is 19.2. The lowest BCUT2D eigenvalue weighted by molar-refractivity contribution is 0.208. The lowest BCUT2D eigenvalue weighted by atomic mass is 10.1. The van der Waals surface area contributed by atoms with Crippen molar-refractivity contribution in [2.45, 2.75) is 19.4 Å². The second-order valence-electron chi connectivity index (χ2n) is 7.72. The fourth-order valence-electron chi connectivity index (χ4n) is 3.71. The van der Waals surface area contributed by atoms with Crippen LogP contribution in [0.2, 0.25) is 0 Å². The molecule has 4 heterocycles. The zero-order chi connectivity index (χ0) is 21.4. The SMILES string of the molecule is Cc1cc(OC2CCN(C)C2)ccc1Nc1nc(O)c(C=C2C=Nc3ncncc32)s1. The number of aromatic hydroxyl groups is 1. The zero-order valence-electron chi connectivity index (χ0n) is 17.2. The number of ether oxygens (including phenoxy) is 1. The van der Waals surface area contributed by atoms with Gasteiger partial charge in [-0.2, -0.15) is 4.98 Å². The van der Waals surface area contributed by atoms with Crippen LogP contribution >= 0.6 is 11.3 Å². The molecule has 31 heavy (non-hydrogen) atoms. The Kier molecular flexibility index (Phi) is 5.13. The van der Waals surface area contributed by atoms with E-state index in [0.717, 1.165) is 47.6 Å². The summed E-state index contributed by atoms with van der Waals surface area (Å²) in [7, 11) is 2.11. The molecule has 1 aromatic carbocycles. The predicted molar refractivity (Wildman–Crippen MR) is 123 cm³/mol. The number of nitrogens with one attached hydrogen (secondary N) is 1. The number of allylic oxidation sites excluding steroid dienone is 1. The summed E-state index contributed by atoms with van der Waals surface area (Å²) < 4.78 is 6.11. The summed E-state index contributed by atoms with van der Waals surface area (Å²) in [6.45, 7) is 4.05. The number of aromatic nitrogens is 3. The van der Waals surface area contributed by atoms with E-state index in [4.69, 9.17) is 4.74 Å². The summed E-state index contributed by atoms with van der Waals surface area (Å²) in [6, 6.07) is 5.98. The van der Waals surface area contributed by atoms with Gasteiger partial charge < -0.3 is 20.1 Å².